The minimum absolute atomic E-state index is 0.0284. The van der Waals surface area contributed by atoms with Crippen LogP contribution in [0.4, 0.5) is 5.95 Å². The molecule has 5 rings (SSSR count). The van der Waals surface area contributed by atoms with Crippen molar-refractivity contribution < 1.29 is 9.47 Å². The Morgan fingerprint density at radius 2 is 1.89 bits per heavy atom. The first kappa shape index (κ1) is 25.9. The second-order valence-corrected chi connectivity index (χ2v) is 15.8. The summed E-state index contributed by atoms with van der Waals surface area (Å²) in [5.74, 6) is -0.417. The minimum atomic E-state index is -1.96. The molecular weight excluding hydrogens is 482 g/mol. The molecule has 0 unspecified atom stereocenters. The van der Waals surface area contributed by atoms with Crippen molar-refractivity contribution in [2.24, 2.45) is 5.92 Å². The van der Waals surface area contributed by atoms with Crippen molar-refractivity contribution >= 4 is 30.4 Å². The smallest absolute Gasteiger partial charge is 0.280 e. The van der Waals surface area contributed by atoms with Gasteiger partial charge in [0.15, 0.2) is 17.0 Å². The number of benzene rings is 1. The zero-order chi connectivity index (χ0) is 26.2. The highest BCUT2D eigenvalue weighted by atomic mass is 28.3. The quantitative estimate of drug-likeness (QED) is 0.269. The van der Waals surface area contributed by atoms with E-state index in [9.17, 15) is 4.79 Å². The molecule has 8 nitrogen and oxygen atoms in total. The number of rotatable bonds is 7. The number of methoxy groups -OCH3 is 1. The van der Waals surface area contributed by atoms with Gasteiger partial charge in [0, 0.05) is 13.0 Å². The average molecular weight is 522 g/mol. The third kappa shape index (κ3) is 4.80. The van der Waals surface area contributed by atoms with Crippen LogP contribution in [-0.2, 0) is 9.47 Å². The van der Waals surface area contributed by atoms with Gasteiger partial charge in [-0.25, -0.2) is 4.98 Å². The Hall–Kier alpha value is -2.75. The molecule has 9 heteroatoms. The maximum Gasteiger partial charge on any atom is 0.280 e. The number of hydrogen-bond acceptors (Lipinski definition) is 6. The van der Waals surface area contributed by atoms with Gasteiger partial charge in [-0.05, 0) is 31.4 Å². The first-order valence-corrected chi connectivity index (χ1v) is 15.9. The van der Waals surface area contributed by atoms with Gasteiger partial charge in [-0.2, -0.15) is 4.98 Å². The van der Waals surface area contributed by atoms with Crippen LogP contribution in [0.25, 0.3) is 11.2 Å². The predicted molar refractivity (Wildman–Crippen MR) is 150 cm³/mol. The molecule has 1 aromatic carbocycles. The van der Waals surface area contributed by atoms with E-state index in [1.54, 1.807) is 18.6 Å². The summed E-state index contributed by atoms with van der Waals surface area (Å²) in [7, 11) is -0.278. The summed E-state index contributed by atoms with van der Waals surface area (Å²) in [5, 5.41) is 1.54. The second kappa shape index (κ2) is 10.2. The molecule has 3 aromatic rings. The number of nitrogens with one attached hydrogen (secondary N) is 1. The number of hydrogen-bond donors (Lipinski definition) is 2. The number of imidazole rings is 1. The molecule has 3 heterocycles. The van der Waals surface area contributed by atoms with E-state index < -0.39 is 13.9 Å². The minimum Gasteiger partial charge on any atom is -0.369 e. The van der Waals surface area contributed by atoms with Gasteiger partial charge in [0.05, 0.1) is 27.0 Å². The van der Waals surface area contributed by atoms with E-state index in [-0.39, 0.29) is 23.5 Å². The summed E-state index contributed by atoms with van der Waals surface area (Å²) in [5.41, 5.74) is 7.99. The summed E-state index contributed by atoms with van der Waals surface area (Å²) < 4.78 is 14.0. The van der Waals surface area contributed by atoms with Crippen LogP contribution in [0.5, 0.6) is 0 Å². The van der Waals surface area contributed by atoms with Gasteiger partial charge in [-0.1, -0.05) is 79.9 Å². The fourth-order valence-electron chi connectivity index (χ4n) is 6.71. The third-order valence-electron chi connectivity index (χ3n) is 8.81. The van der Waals surface area contributed by atoms with Gasteiger partial charge in [0.2, 0.25) is 5.95 Å². The van der Waals surface area contributed by atoms with E-state index in [1.165, 1.54) is 37.8 Å². The van der Waals surface area contributed by atoms with Gasteiger partial charge in [0.1, 0.15) is 0 Å². The number of anilines is 1. The number of nitrogens with zero attached hydrogens (tertiary/aromatic N) is 3. The van der Waals surface area contributed by atoms with Gasteiger partial charge in [-0.15, -0.1) is 0 Å². The Balaban J connectivity index is 1.61. The van der Waals surface area contributed by atoms with E-state index in [2.05, 4.69) is 51.9 Å². The predicted octanol–water partition coefficient (Wildman–Crippen LogP) is 4.52. The topological polar surface area (TPSA) is 108 Å². The van der Waals surface area contributed by atoms with E-state index in [0.717, 1.165) is 12.0 Å². The lowest BCUT2D eigenvalue weighted by Gasteiger charge is -2.41. The number of H-pyrrole nitrogens is 1. The van der Waals surface area contributed by atoms with Crippen LogP contribution in [0.3, 0.4) is 0 Å². The third-order valence-corrected chi connectivity index (χ3v) is 14.8. The SMILES string of the molecule is C=C1[C@H](COC(C)(C)OC)[C@@H]([Si]2(c3ccccc3)CCCCCC2)C[C@@H]1n1cnc2c(=O)[nH]c(N)nc21. The van der Waals surface area contributed by atoms with Crippen molar-refractivity contribution in [3.8, 4) is 0 Å². The standard InChI is InChI=1S/C28H39N5O3Si/c1-19-21(17-36-28(2,3)35-4)23(37(14-10-5-6-11-15-37)20-12-8-7-9-13-20)16-22(19)33-18-30-24-25(33)31-27(29)32-26(24)34/h7-9,12-13,18,21-23H,1,5-6,10-11,14-17H2,2-4H3,(H3,29,31,32,34)/t21-,22-,23-/m0/s1. The Morgan fingerprint density at radius 3 is 2.57 bits per heavy atom. The van der Waals surface area contributed by atoms with Gasteiger partial charge >= 0.3 is 0 Å². The first-order chi connectivity index (χ1) is 17.8. The molecule has 0 spiro atoms. The zero-order valence-corrected chi connectivity index (χ0v) is 23.2. The molecule has 1 aliphatic carbocycles. The highest BCUT2D eigenvalue weighted by molar-refractivity contribution is 6.93. The molecule has 3 atom stereocenters. The van der Waals surface area contributed by atoms with Crippen molar-refractivity contribution in [3.05, 3.63) is 59.2 Å². The number of nitrogens with two attached hydrogens (primary N) is 1. The van der Waals surface area contributed by atoms with Crippen molar-refractivity contribution in [3.63, 3.8) is 0 Å². The van der Waals surface area contributed by atoms with Crippen molar-refractivity contribution in [1.82, 2.24) is 19.5 Å². The summed E-state index contributed by atoms with van der Waals surface area (Å²) in [4.78, 5) is 23.9. The maximum absolute atomic E-state index is 12.5. The van der Waals surface area contributed by atoms with Crippen LogP contribution >= 0.6 is 0 Å². The maximum atomic E-state index is 12.5. The Morgan fingerprint density at radius 1 is 1.19 bits per heavy atom. The summed E-state index contributed by atoms with van der Waals surface area (Å²) in [6.45, 7) is 9.11. The fraction of sp³-hybridized carbons (Fsp3) is 0.536. The lowest BCUT2D eigenvalue weighted by atomic mass is 10.0. The second-order valence-electron chi connectivity index (χ2n) is 11.2. The molecule has 1 aliphatic heterocycles. The Bertz CT molecular complexity index is 1310. The number of aromatic nitrogens is 4. The molecule has 2 fully saturated rings. The van der Waals surface area contributed by atoms with Crippen LogP contribution in [0.15, 0.2) is 53.6 Å². The monoisotopic (exact) mass is 521 g/mol. The normalized spacial score (nSPS) is 24.4. The van der Waals surface area contributed by atoms with Crippen LogP contribution in [0.1, 0.15) is 52.0 Å². The molecule has 0 radical (unpaired) electrons. The van der Waals surface area contributed by atoms with Crippen molar-refractivity contribution in [2.75, 3.05) is 19.5 Å². The van der Waals surface area contributed by atoms with Crippen molar-refractivity contribution in [1.29, 1.82) is 0 Å². The summed E-state index contributed by atoms with van der Waals surface area (Å²) >= 11 is 0. The number of nitrogen functional groups attached to an aromatic ring is 1. The molecule has 3 N–H and O–H groups in total. The fourth-order valence-corrected chi connectivity index (χ4v) is 13.1. The van der Waals surface area contributed by atoms with Crippen LogP contribution < -0.4 is 16.5 Å². The summed E-state index contributed by atoms with van der Waals surface area (Å²) in [6.07, 6.45) is 7.80. The molecule has 2 aromatic heterocycles. The van der Waals surface area contributed by atoms with Gasteiger partial charge < -0.3 is 19.8 Å². The molecule has 0 amide bonds. The average Bonchev–Trinajstić information content (AvgIpc) is 3.34. The molecular formula is C28H39N5O3Si. The molecule has 198 valence electrons. The molecule has 1 saturated carbocycles. The number of fused-ring (bicyclic) bond motifs is 1. The van der Waals surface area contributed by atoms with E-state index in [4.69, 9.17) is 15.2 Å². The van der Waals surface area contributed by atoms with Crippen LogP contribution in [-0.4, -0.2) is 47.1 Å². The van der Waals surface area contributed by atoms with Gasteiger partial charge in [-0.3, -0.25) is 9.78 Å². The zero-order valence-electron chi connectivity index (χ0n) is 22.2. The largest absolute Gasteiger partial charge is 0.369 e. The highest BCUT2D eigenvalue weighted by Crippen LogP contribution is 2.55. The molecule has 0 bridgehead atoms. The number of ether oxygens (including phenoxy) is 2. The Kier molecular flexibility index (Phi) is 7.13. The van der Waals surface area contributed by atoms with Gasteiger partial charge in [0.25, 0.3) is 5.56 Å². The van der Waals surface area contributed by atoms with E-state index >= 15 is 0 Å². The van der Waals surface area contributed by atoms with Crippen LogP contribution in [0.2, 0.25) is 17.6 Å². The summed E-state index contributed by atoms with van der Waals surface area (Å²) in [6, 6.07) is 13.8. The molecule has 1 saturated heterocycles. The van der Waals surface area contributed by atoms with E-state index in [1.807, 2.05) is 18.4 Å². The van der Waals surface area contributed by atoms with Crippen LogP contribution in [0, 0.1) is 5.92 Å². The van der Waals surface area contributed by atoms with E-state index in [0.29, 0.717) is 23.3 Å². The lowest BCUT2D eigenvalue weighted by Crippen LogP contribution is -2.53. The lowest BCUT2D eigenvalue weighted by molar-refractivity contribution is -0.201. The van der Waals surface area contributed by atoms with Crippen molar-refractivity contribution in [2.45, 2.75) is 75.4 Å². The Labute approximate surface area is 219 Å². The molecule has 37 heavy (non-hydrogen) atoms. The first-order valence-electron chi connectivity index (χ1n) is 13.4. The number of aromatic amines is 1. The molecule has 2 aliphatic rings. The highest BCUT2D eigenvalue weighted by Gasteiger charge is 2.52.